The largest absolute Gasteiger partial charge is 0.377 e. The van der Waals surface area contributed by atoms with Gasteiger partial charge in [0.25, 0.3) is 0 Å². The van der Waals surface area contributed by atoms with E-state index in [-0.39, 0.29) is 11.9 Å². The maximum Gasteiger partial charge on any atom is 0.123 e. The van der Waals surface area contributed by atoms with Crippen LogP contribution < -0.4 is 5.32 Å². The van der Waals surface area contributed by atoms with E-state index in [1.165, 1.54) is 6.07 Å². The molecule has 100 valence electrons. The molecule has 0 aromatic heterocycles. The second kappa shape index (κ2) is 5.15. The molecule has 3 rings (SSSR count). The Morgan fingerprint density at radius 1 is 1.25 bits per heavy atom. The van der Waals surface area contributed by atoms with E-state index in [2.05, 4.69) is 11.4 Å². The van der Waals surface area contributed by atoms with Gasteiger partial charge in [0.05, 0.1) is 17.3 Å². The van der Waals surface area contributed by atoms with Gasteiger partial charge in [-0.15, -0.1) is 0 Å². The van der Waals surface area contributed by atoms with Gasteiger partial charge in [-0.2, -0.15) is 5.26 Å². The third kappa shape index (κ3) is 2.35. The number of nitrogens with zero attached hydrogens (tertiary/aromatic N) is 1. The Hall–Kier alpha value is -2.05. The van der Waals surface area contributed by atoms with Gasteiger partial charge < -0.3 is 5.32 Å². The number of hydrogen-bond acceptors (Lipinski definition) is 2. The normalized spacial score (nSPS) is 16.6. The number of nitrogens with one attached hydrogen (secondary N) is 1. The van der Waals surface area contributed by atoms with Crippen LogP contribution in [0.3, 0.4) is 0 Å². The van der Waals surface area contributed by atoms with Crippen molar-refractivity contribution in [2.45, 2.75) is 18.9 Å². The first kappa shape index (κ1) is 13.0. The highest BCUT2D eigenvalue weighted by atomic mass is 35.5. The van der Waals surface area contributed by atoms with Gasteiger partial charge in [0, 0.05) is 5.02 Å². The average Bonchev–Trinajstić information content (AvgIpc) is 2.81. The summed E-state index contributed by atoms with van der Waals surface area (Å²) < 4.78 is 13.2. The summed E-state index contributed by atoms with van der Waals surface area (Å²) in [6.45, 7) is 0. The average molecular weight is 287 g/mol. The standard InChI is InChI=1S/C16H12ClFN2/c17-12-3-1-11(9-19)16(8-12)20-15-6-2-10-7-13(18)4-5-14(10)15/h1,3-5,7-8,15,20H,2,6H2. The van der Waals surface area contributed by atoms with Crippen molar-refractivity contribution < 1.29 is 4.39 Å². The predicted molar refractivity (Wildman–Crippen MR) is 77.3 cm³/mol. The van der Waals surface area contributed by atoms with Crippen LogP contribution >= 0.6 is 11.6 Å². The van der Waals surface area contributed by atoms with Crippen molar-refractivity contribution in [2.24, 2.45) is 0 Å². The van der Waals surface area contributed by atoms with E-state index in [1.54, 1.807) is 24.3 Å². The second-order valence-corrected chi connectivity index (χ2v) is 5.32. The maximum atomic E-state index is 13.2. The van der Waals surface area contributed by atoms with Crippen LogP contribution in [-0.4, -0.2) is 0 Å². The Morgan fingerprint density at radius 2 is 2.10 bits per heavy atom. The van der Waals surface area contributed by atoms with Crippen LogP contribution in [-0.2, 0) is 6.42 Å². The molecule has 20 heavy (non-hydrogen) atoms. The lowest BCUT2D eigenvalue weighted by molar-refractivity contribution is 0.626. The number of hydrogen-bond donors (Lipinski definition) is 1. The number of nitriles is 1. The molecule has 1 N–H and O–H groups in total. The lowest BCUT2D eigenvalue weighted by Gasteiger charge is -2.16. The molecule has 0 bridgehead atoms. The molecule has 0 fully saturated rings. The topological polar surface area (TPSA) is 35.8 Å². The Kier molecular flexibility index (Phi) is 3.33. The fourth-order valence-electron chi connectivity index (χ4n) is 2.66. The summed E-state index contributed by atoms with van der Waals surface area (Å²) in [7, 11) is 0. The van der Waals surface area contributed by atoms with Crippen molar-refractivity contribution in [2.75, 3.05) is 5.32 Å². The van der Waals surface area contributed by atoms with Gasteiger partial charge in [-0.1, -0.05) is 17.7 Å². The van der Waals surface area contributed by atoms with E-state index in [0.717, 1.165) is 29.7 Å². The monoisotopic (exact) mass is 286 g/mol. The van der Waals surface area contributed by atoms with Crippen molar-refractivity contribution >= 4 is 17.3 Å². The van der Waals surface area contributed by atoms with Crippen molar-refractivity contribution in [3.05, 3.63) is 63.9 Å². The molecule has 0 radical (unpaired) electrons. The minimum atomic E-state index is -0.204. The minimum Gasteiger partial charge on any atom is -0.377 e. The summed E-state index contributed by atoms with van der Waals surface area (Å²) >= 11 is 5.98. The number of benzene rings is 2. The lowest BCUT2D eigenvalue weighted by atomic mass is 10.1. The van der Waals surface area contributed by atoms with E-state index < -0.39 is 0 Å². The summed E-state index contributed by atoms with van der Waals surface area (Å²) in [5.41, 5.74) is 3.41. The van der Waals surface area contributed by atoms with Gasteiger partial charge in [-0.25, -0.2) is 4.39 Å². The van der Waals surface area contributed by atoms with Crippen LogP contribution in [0.1, 0.15) is 29.2 Å². The molecule has 1 unspecified atom stereocenters. The number of anilines is 1. The molecule has 2 nitrogen and oxygen atoms in total. The molecule has 0 amide bonds. The minimum absolute atomic E-state index is 0.0937. The van der Waals surface area contributed by atoms with Crippen LogP contribution in [0.15, 0.2) is 36.4 Å². The van der Waals surface area contributed by atoms with E-state index >= 15 is 0 Å². The summed E-state index contributed by atoms with van der Waals surface area (Å²) in [6, 6.07) is 12.3. The zero-order valence-electron chi connectivity index (χ0n) is 10.7. The van der Waals surface area contributed by atoms with Gasteiger partial charge in [0.15, 0.2) is 0 Å². The Balaban J connectivity index is 1.91. The number of fused-ring (bicyclic) bond motifs is 1. The highest BCUT2D eigenvalue weighted by molar-refractivity contribution is 6.30. The van der Waals surface area contributed by atoms with Gasteiger partial charge in [-0.3, -0.25) is 0 Å². The fourth-order valence-corrected chi connectivity index (χ4v) is 2.83. The van der Waals surface area contributed by atoms with Crippen LogP contribution in [0.4, 0.5) is 10.1 Å². The molecule has 0 saturated heterocycles. The highest BCUT2D eigenvalue weighted by Gasteiger charge is 2.23. The van der Waals surface area contributed by atoms with Gasteiger partial charge >= 0.3 is 0 Å². The van der Waals surface area contributed by atoms with Crippen LogP contribution in [0, 0.1) is 17.1 Å². The summed E-state index contributed by atoms with van der Waals surface area (Å²) in [5.74, 6) is -0.204. The first-order chi connectivity index (χ1) is 9.67. The highest BCUT2D eigenvalue weighted by Crippen LogP contribution is 2.35. The molecule has 0 saturated carbocycles. The fraction of sp³-hybridized carbons (Fsp3) is 0.188. The van der Waals surface area contributed by atoms with E-state index in [0.29, 0.717) is 10.6 Å². The van der Waals surface area contributed by atoms with E-state index in [1.807, 2.05) is 6.07 Å². The van der Waals surface area contributed by atoms with E-state index in [9.17, 15) is 4.39 Å². The lowest BCUT2D eigenvalue weighted by Crippen LogP contribution is -2.08. The Labute approximate surface area is 121 Å². The first-order valence-electron chi connectivity index (χ1n) is 6.42. The van der Waals surface area contributed by atoms with Crippen molar-refractivity contribution in [3.8, 4) is 6.07 Å². The van der Waals surface area contributed by atoms with Gasteiger partial charge in [-0.05, 0) is 54.3 Å². The summed E-state index contributed by atoms with van der Waals surface area (Å²) in [6.07, 6.45) is 1.73. The van der Waals surface area contributed by atoms with Crippen molar-refractivity contribution in [1.29, 1.82) is 5.26 Å². The molecular weight excluding hydrogens is 275 g/mol. The summed E-state index contributed by atoms with van der Waals surface area (Å²) in [4.78, 5) is 0. The third-order valence-electron chi connectivity index (χ3n) is 3.61. The summed E-state index contributed by atoms with van der Waals surface area (Å²) in [5, 5.41) is 13.1. The molecule has 1 atom stereocenters. The Morgan fingerprint density at radius 3 is 2.90 bits per heavy atom. The number of halogens is 2. The second-order valence-electron chi connectivity index (χ2n) is 4.88. The molecule has 0 aliphatic heterocycles. The Bertz CT molecular complexity index is 706. The molecular formula is C16H12ClFN2. The van der Waals surface area contributed by atoms with Crippen molar-refractivity contribution in [3.63, 3.8) is 0 Å². The zero-order chi connectivity index (χ0) is 14.1. The molecule has 2 aromatic carbocycles. The molecule has 1 aliphatic carbocycles. The van der Waals surface area contributed by atoms with Crippen LogP contribution in [0.2, 0.25) is 5.02 Å². The predicted octanol–water partition coefficient (Wildman–Crippen LogP) is 4.45. The van der Waals surface area contributed by atoms with Gasteiger partial charge in [0.1, 0.15) is 11.9 Å². The first-order valence-corrected chi connectivity index (χ1v) is 6.79. The maximum absolute atomic E-state index is 13.2. The smallest absolute Gasteiger partial charge is 0.123 e. The van der Waals surface area contributed by atoms with E-state index in [4.69, 9.17) is 16.9 Å². The number of rotatable bonds is 2. The SMILES string of the molecule is N#Cc1ccc(Cl)cc1NC1CCc2cc(F)ccc21. The molecule has 1 aliphatic rings. The zero-order valence-corrected chi connectivity index (χ0v) is 11.4. The third-order valence-corrected chi connectivity index (χ3v) is 3.85. The molecule has 2 aromatic rings. The van der Waals surface area contributed by atoms with Gasteiger partial charge in [0.2, 0.25) is 0 Å². The van der Waals surface area contributed by atoms with Crippen LogP contribution in [0.5, 0.6) is 0 Å². The molecule has 4 heteroatoms. The molecule has 0 heterocycles. The quantitative estimate of drug-likeness (QED) is 0.885. The van der Waals surface area contributed by atoms with Crippen molar-refractivity contribution in [1.82, 2.24) is 0 Å². The number of aryl methyl sites for hydroxylation is 1. The van der Waals surface area contributed by atoms with Crippen LogP contribution in [0.25, 0.3) is 0 Å². The molecule has 0 spiro atoms.